The number of hydrogen-bond donors (Lipinski definition) is 0. The van der Waals surface area contributed by atoms with Crippen LogP contribution >= 0.6 is 0 Å². The molecule has 6 nitrogen and oxygen atoms in total. The highest BCUT2D eigenvalue weighted by Gasteiger charge is 2.40. The maximum atomic E-state index is 12.4. The van der Waals surface area contributed by atoms with Gasteiger partial charge in [-0.25, -0.2) is 0 Å². The molecule has 0 spiro atoms. The van der Waals surface area contributed by atoms with Crippen molar-refractivity contribution in [3.8, 4) is 0 Å². The van der Waals surface area contributed by atoms with Crippen LogP contribution in [-0.2, 0) is 19.1 Å². The molecule has 0 radical (unpaired) electrons. The first-order chi connectivity index (χ1) is 12.0. The van der Waals surface area contributed by atoms with E-state index in [1.54, 1.807) is 38.1 Å². The van der Waals surface area contributed by atoms with E-state index in [0.717, 1.165) is 0 Å². The lowest BCUT2D eigenvalue weighted by atomic mass is 9.83. The van der Waals surface area contributed by atoms with Crippen molar-refractivity contribution in [1.29, 1.82) is 0 Å². The van der Waals surface area contributed by atoms with Gasteiger partial charge in [0.15, 0.2) is 0 Å². The second-order valence-electron chi connectivity index (χ2n) is 5.45. The smallest absolute Gasteiger partial charge is 0.320 e. The zero-order valence-electron chi connectivity index (χ0n) is 14.3. The third kappa shape index (κ3) is 4.35. The molecule has 1 aliphatic heterocycles. The second-order valence-corrected chi connectivity index (χ2v) is 5.45. The number of carbonyl (C=O) groups excluding carboxylic acids is 3. The minimum Gasteiger partial charge on any atom is -0.466 e. The first-order valence-electron chi connectivity index (χ1n) is 8.11. The molecular weight excluding hydrogens is 322 g/mol. The van der Waals surface area contributed by atoms with Crippen LogP contribution in [0.4, 0.5) is 0 Å². The Balaban J connectivity index is 2.21. The van der Waals surface area contributed by atoms with Gasteiger partial charge in [0.2, 0.25) is 0 Å². The molecule has 0 unspecified atom stereocenters. The second kappa shape index (κ2) is 8.28. The molecule has 0 saturated carbocycles. The largest absolute Gasteiger partial charge is 0.466 e. The van der Waals surface area contributed by atoms with E-state index in [1.165, 1.54) is 29.5 Å². The van der Waals surface area contributed by atoms with Gasteiger partial charge in [-0.1, -0.05) is 18.2 Å². The van der Waals surface area contributed by atoms with Crippen LogP contribution in [0.3, 0.4) is 0 Å². The number of ether oxygens (including phenoxy) is 2. The molecule has 0 N–H and O–H groups in total. The number of benzene rings is 1. The van der Waals surface area contributed by atoms with Crippen LogP contribution in [0.25, 0.3) is 0 Å². The predicted octanol–water partition coefficient (Wildman–Crippen LogP) is 2.67. The molecule has 132 valence electrons. The zero-order valence-corrected chi connectivity index (χ0v) is 14.3. The summed E-state index contributed by atoms with van der Waals surface area (Å²) in [7, 11) is 0. The molecule has 1 amide bonds. The van der Waals surface area contributed by atoms with Crippen molar-refractivity contribution in [3.05, 3.63) is 60.4 Å². The zero-order chi connectivity index (χ0) is 18.3. The van der Waals surface area contributed by atoms with Crippen molar-refractivity contribution in [2.75, 3.05) is 13.2 Å². The summed E-state index contributed by atoms with van der Waals surface area (Å²) < 4.78 is 10.0. The van der Waals surface area contributed by atoms with E-state index in [1.807, 2.05) is 6.07 Å². The lowest BCUT2D eigenvalue weighted by Gasteiger charge is -2.29. The number of rotatable bonds is 6. The van der Waals surface area contributed by atoms with Crippen LogP contribution in [0.2, 0.25) is 0 Å². The van der Waals surface area contributed by atoms with E-state index >= 15 is 0 Å². The van der Waals surface area contributed by atoms with Crippen LogP contribution in [0.5, 0.6) is 0 Å². The van der Waals surface area contributed by atoms with Crippen molar-refractivity contribution in [3.63, 3.8) is 0 Å². The van der Waals surface area contributed by atoms with Crippen LogP contribution in [0.15, 0.2) is 54.9 Å². The summed E-state index contributed by atoms with van der Waals surface area (Å²) in [6, 6.07) is 8.78. The molecular formula is C19H21NO5. The van der Waals surface area contributed by atoms with E-state index < -0.39 is 17.4 Å². The highest BCUT2D eigenvalue weighted by atomic mass is 16.5. The maximum absolute atomic E-state index is 12.4. The molecule has 1 aromatic rings. The molecule has 0 bridgehead atoms. The van der Waals surface area contributed by atoms with Crippen molar-refractivity contribution < 1.29 is 23.9 Å². The lowest BCUT2D eigenvalue weighted by Crippen LogP contribution is -2.36. The molecule has 0 saturated heterocycles. The molecule has 1 heterocycles. The number of hydrogen-bond acceptors (Lipinski definition) is 5. The predicted molar refractivity (Wildman–Crippen MR) is 91.2 cm³/mol. The Morgan fingerprint density at radius 3 is 2.12 bits per heavy atom. The fourth-order valence-electron chi connectivity index (χ4n) is 2.44. The highest BCUT2D eigenvalue weighted by molar-refractivity contribution is 5.96. The summed E-state index contributed by atoms with van der Waals surface area (Å²) in [5.41, 5.74) is -0.749. The van der Waals surface area contributed by atoms with E-state index in [2.05, 4.69) is 0 Å². The SMILES string of the molecule is CCOC(=O)CC1(C(=O)OCC)C=CN(C(=O)c2ccccc2)C=C1. The Hall–Kier alpha value is -2.89. The molecule has 0 atom stereocenters. The van der Waals surface area contributed by atoms with Gasteiger partial charge in [-0.3, -0.25) is 19.3 Å². The first-order valence-corrected chi connectivity index (χ1v) is 8.11. The van der Waals surface area contributed by atoms with E-state index in [0.29, 0.717) is 5.56 Å². The topological polar surface area (TPSA) is 72.9 Å². The summed E-state index contributed by atoms with van der Waals surface area (Å²) in [5, 5.41) is 0. The normalized spacial score (nSPS) is 14.9. The molecule has 1 aliphatic rings. The Morgan fingerprint density at radius 1 is 0.960 bits per heavy atom. The fourth-order valence-corrected chi connectivity index (χ4v) is 2.44. The van der Waals surface area contributed by atoms with Crippen LogP contribution < -0.4 is 0 Å². The van der Waals surface area contributed by atoms with E-state index in [-0.39, 0.29) is 25.5 Å². The molecule has 25 heavy (non-hydrogen) atoms. The van der Waals surface area contributed by atoms with Gasteiger partial charge in [0.25, 0.3) is 5.91 Å². The average molecular weight is 343 g/mol. The fraction of sp³-hybridized carbons (Fsp3) is 0.316. The molecule has 0 aromatic heterocycles. The van der Waals surface area contributed by atoms with Gasteiger partial charge < -0.3 is 9.47 Å². The third-order valence-electron chi connectivity index (χ3n) is 3.72. The Morgan fingerprint density at radius 2 is 1.56 bits per heavy atom. The number of esters is 2. The van der Waals surface area contributed by atoms with Gasteiger partial charge in [-0.15, -0.1) is 0 Å². The van der Waals surface area contributed by atoms with Crippen molar-refractivity contribution in [2.45, 2.75) is 20.3 Å². The average Bonchev–Trinajstić information content (AvgIpc) is 2.63. The summed E-state index contributed by atoms with van der Waals surface area (Å²) in [4.78, 5) is 38.1. The molecule has 2 rings (SSSR count). The van der Waals surface area contributed by atoms with Crippen molar-refractivity contribution in [1.82, 2.24) is 4.90 Å². The molecule has 6 heteroatoms. The molecule has 0 fully saturated rings. The van der Waals surface area contributed by atoms with Crippen molar-refractivity contribution in [2.24, 2.45) is 5.41 Å². The van der Waals surface area contributed by atoms with Gasteiger partial charge in [0.1, 0.15) is 5.41 Å². The summed E-state index contributed by atoms with van der Waals surface area (Å²) in [5.74, 6) is -1.29. The Bertz CT molecular complexity index is 679. The first kappa shape index (κ1) is 18.4. The quantitative estimate of drug-likeness (QED) is 0.743. The summed E-state index contributed by atoms with van der Waals surface area (Å²) in [6.45, 7) is 3.81. The van der Waals surface area contributed by atoms with Gasteiger partial charge in [-0.2, -0.15) is 0 Å². The summed E-state index contributed by atoms with van der Waals surface area (Å²) >= 11 is 0. The van der Waals surface area contributed by atoms with Gasteiger partial charge in [-0.05, 0) is 38.1 Å². The van der Waals surface area contributed by atoms with Crippen LogP contribution in [-0.4, -0.2) is 36.0 Å². The number of carbonyl (C=O) groups is 3. The highest BCUT2D eigenvalue weighted by Crippen LogP contribution is 2.32. The standard InChI is InChI=1S/C19H21NO5/c1-3-24-16(21)14-19(18(23)25-4-2)10-12-20(13-11-19)17(22)15-8-6-5-7-9-15/h5-13H,3-4,14H2,1-2H3. The van der Waals surface area contributed by atoms with Gasteiger partial charge in [0.05, 0.1) is 19.6 Å². The van der Waals surface area contributed by atoms with Crippen LogP contribution in [0.1, 0.15) is 30.6 Å². The van der Waals surface area contributed by atoms with Gasteiger partial charge >= 0.3 is 11.9 Å². The number of nitrogens with zero attached hydrogens (tertiary/aromatic N) is 1. The maximum Gasteiger partial charge on any atom is 0.320 e. The Labute approximate surface area is 146 Å². The van der Waals surface area contributed by atoms with E-state index in [4.69, 9.17) is 9.47 Å². The lowest BCUT2D eigenvalue weighted by molar-refractivity contribution is -0.156. The van der Waals surface area contributed by atoms with E-state index in [9.17, 15) is 14.4 Å². The minimum atomic E-state index is -1.27. The summed E-state index contributed by atoms with van der Waals surface area (Å²) in [6.07, 6.45) is 5.78. The Kier molecular flexibility index (Phi) is 6.11. The number of amides is 1. The molecule has 0 aliphatic carbocycles. The van der Waals surface area contributed by atoms with Crippen molar-refractivity contribution >= 4 is 17.8 Å². The monoisotopic (exact) mass is 343 g/mol. The van der Waals surface area contributed by atoms with Gasteiger partial charge in [0, 0.05) is 18.0 Å². The molecule has 1 aromatic carbocycles. The third-order valence-corrected chi connectivity index (χ3v) is 3.72. The van der Waals surface area contributed by atoms with Crippen LogP contribution in [0, 0.1) is 5.41 Å². The minimum absolute atomic E-state index is 0.181.